The molecule has 0 aliphatic heterocycles. The van der Waals surface area contributed by atoms with Gasteiger partial charge in [-0.2, -0.15) is 0 Å². The second kappa shape index (κ2) is 8.31. The van der Waals surface area contributed by atoms with Crippen LogP contribution in [0, 0.1) is 5.41 Å². The first kappa shape index (κ1) is 18.1. The predicted octanol–water partition coefficient (Wildman–Crippen LogP) is 2.27. The lowest BCUT2D eigenvalue weighted by atomic mass is 9.84. The summed E-state index contributed by atoms with van der Waals surface area (Å²) in [6.45, 7) is 12.2. The summed E-state index contributed by atoms with van der Waals surface area (Å²) >= 11 is 0. The summed E-state index contributed by atoms with van der Waals surface area (Å²) in [7, 11) is 0. The van der Waals surface area contributed by atoms with E-state index in [0.717, 1.165) is 19.3 Å². The number of hydrogen-bond donors (Lipinski definition) is 2. The average molecular weight is 270 g/mol. The molecule has 0 aromatic heterocycles. The van der Waals surface area contributed by atoms with Crippen molar-refractivity contribution in [3.8, 4) is 0 Å². The number of unbranched alkanes of at least 4 members (excludes halogenated alkanes) is 1. The van der Waals surface area contributed by atoms with Crippen molar-refractivity contribution in [1.29, 1.82) is 0 Å². The number of amides is 1. The Balaban J connectivity index is 4.22. The van der Waals surface area contributed by atoms with Crippen LogP contribution in [0.5, 0.6) is 0 Å². The molecule has 0 saturated heterocycles. The third-order valence-corrected chi connectivity index (χ3v) is 2.88. The van der Waals surface area contributed by atoms with E-state index in [2.05, 4.69) is 24.5 Å². The largest absolute Gasteiger partial charge is 0.356 e. The van der Waals surface area contributed by atoms with Gasteiger partial charge in [-0.15, -0.1) is 0 Å². The van der Waals surface area contributed by atoms with Gasteiger partial charge in [-0.3, -0.25) is 9.59 Å². The first-order valence-corrected chi connectivity index (χ1v) is 7.19. The molecule has 0 unspecified atom stereocenters. The van der Waals surface area contributed by atoms with Crippen LogP contribution in [0.15, 0.2) is 0 Å². The number of nitrogens with one attached hydrogen (secondary N) is 2. The van der Waals surface area contributed by atoms with Crippen molar-refractivity contribution in [3.05, 3.63) is 0 Å². The van der Waals surface area contributed by atoms with E-state index in [0.29, 0.717) is 12.6 Å². The van der Waals surface area contributed by atoms with Crippen molar-refractivity contribution in [3.63, 3.8) is 0 Å². The summed E-state index contributed by atoms with van der Waals surface area (Å²) in [6, 6.07) is 0.212. The van der Waals surface area contributed by atoms with Gasteiger partial charge in [0.15, 0.2) is 5.78 Å². The molecule has 112 valence electrons. The first-order chi connectivity index (χ1) is 8.64. The highest BCUT2D eigenvalue weighted by Gasteiger charge is 2.29. The van der Waals surface area contributed by atoms with Crippen LogP contribution in [0.2, 0.25) is 0 Å². The van der Waals surface area contributed by atoms with E-state index >= 15 is 0 Å². The van der Waals surface area contributed by atoms with Crippen molar-refractivity contribution in [2.45, 2.75) is 72.9 Å². The zero-order valence-electron chi connectivity index (χ0n) is 13.3. The van der Waals surface area contributed by atoms with Gasteiger partial charge in [0.2, 0.25) is 5.91 Å². The van der Waals surface area contributed by atoms with Crippen molar-refractivity contribution in [2.24, 2.45) is 5.41 Å². The van der Waals surface area contributed by atoms with Crippen molar-refractivity contribution < 1.29 is 9.59 Å². The first-order valence-electron chi connectivity index (χ1n) is 7.19. The minimum atomic E-state index is -0.315. The third kappa shape index (κ3) is 8.76. The molecular formula is C15H30N2O2. The predicted molar refractivity (Wildman–Crippen MR) is 79.1 cm³/mol. The van der Waals surface area contributed by atoms with Gasteiger partial charge < -0.3 is 10.6 Å². The monoisotopic (exact) mass is 270 g/mol. The van der Waals surface area contributed by atoms with Crippen molar-refractivity contribution in [2.75, 3.05) is 6.54 Å². The number of carbonyl (C=O) groups is 2. The highest BCUT2D eigenvalue weighted by atomic mass is 16.1. The van der Waals surface area contributed by atoms with Crippen LogP contribution in [0.25, 0.3) is 0 Å². The Morgan fingerprint density at radius 1 is 1.11 bits per heavy atom. The van der Waals surface area contributed by atoms with Crippen LogP contribution in [0.3, 0.4) is 0 Å². The van der Waals surface area contributed by atoms with Gasteiger partial charge in [0, 0.05) is 24.9 Å². The Hall–Kier alpha value is -0.900. The number of ketones is 1. The van der Waals surface area contributed by atoms with Crippen LogP contribution in [-0.4, -0.2) is 30.3 Å². The van der Waals surface area contributed by atoms with Crippen molar-refractivity contribution in [1.82, 2.24) is 10.6 Å². The lowest BCUT2D eigenvalue weighted by molar-refractivity contribution is -0.128. The Morgan fingerprint density at radius 2 is 1.68 bits per heavy atom. The summed E-state index contributed by atoms with van der Waals surface area (Å²) in [5.74, 6) is 0.267. The third-order valence-electron chi connectivity index (χ3n) is 2.88. The smallest absolute Gasteiger partial charge is 0.216 e. The highest BCUT2D eigenvalue weighted by Crippen LogP contribution is 2.19. The molecule has 4 heteroatoms. The van der Waals surface area contributed by atoms with Crippen LogP contribution in [-0.2, 0) is 9.59 Å². The quantitative estimate of drug-likeness (QED) is 0.665. The Bertz CT molecular complexity index is 293. The van der Waals surface area contributed by atoms with Gasteiger partial charge in [0.05, 0.1) is 6.04 Å². The molecule has 1 amide bonds. The van der Waals surface area contributed by atoms with Crippen LogP contribution in [0.1, 0.15) is 60.8 Å². The molecule has 0 saturated carbocycles. The maximum atomic E-state index is 12.3. The summed E-state index contributed by atoms with van der Waals surface area (Å²) < 4.78 is 0. The van der Waals surface area contributed by atoms with Gasteiger partial charge in [-0.05, 0) is 19.3 Å². The highest BCUT2D eigenvalue weighted by molar-refractivity contribution is 5.88. The molecule has 0 aliphatic rings. The Labute approximate surface area is 117 Å². The molecular weight excluding hydrogens is 240 g/mol. The molecule has 0 rings (SSSR count). The minimum absolute atomic E-state index is 0.00243. The van der Waals surface area contributed by atoms with Gasteiger partial charge in [0.1, 0.15) is 0 Å². The second-order valence-electron chi connectivity index (χ2n) is 6.47. The molecule has 0 heterocycles. The lowest BCUT2D eigenvalue weighted by Gasteiger charge is -2.27. The van der Waals surface area contributed by atoms with Crippen LogP contribution in [0.4, 0.5) is 0 Å². The Morgan fingerprint density at radius 3 is 2.11 bits per heavy atom. The molecule has 0 spiro atoms. The molecule has 0 aromatic carbocycles. The van der Waals surface area contributed by atoms with E-state index in [1.54, 1.807) is 0 Å². The fourth-order valence-electron chi connectivity index (χ4n) is 1.95. The van der Waals surface area contributed by atoms with E-state index < -0.39 is 0 Å². The molecule has 0 radical (unpaired) electrons. The minimum Gasteiger partial charge on any atom is -0.356 e. The maximum Gasteiger partial charge on any atom is 0.216 e. The number of Topliss-reactive ketones (excluding diaryl/α,β-unsaturated/α-hetero) is 1. The Kier molecular flexibility index (Phi) is 7.91. The lowest BCUT2D eigenvalue weighted by Crippen LogP contribution is -2.45. The van der Waals surface area contributed by atoms with Gasteiger partial charge in [-0.25, -0.2) is 0 Å². The van der Waals surface area contributed by atoms with Crippen molar-refractivity contribution >= 4 is 11.7 Å². The fraction of sp³-hybridized carbons (Fsp3) is 0.867. The second-order valence-corrected chi connectivity index (χ2v) is 6.47. The number of carbonyl (C=O) groups excluding carboxylic acids is 2. The normalized spacial score (nSPS) is 13.4. The zero-order chi connectivity index (χ0) is 15.1. The molecule has 0 bridgehead atoms. The fourth-order valence-corrected chi connectivity index (χ4v) is 1.95. The summed E-state index contributed by atoms with van der Waals surface area (Å²) in [6.07, 6.45) is 2.67. The molecule has 2 N–H and O–H groups in total. The summed E-state index contributed by atoms with van der Waals surface area (Å²) in [5.41, 5.74) is -0.315. The van der Waals surface area contributed by atoms with Gasteiger partial charge in [-0.1, -0.05) is 34.6 Å². The van der Waals surface area contributed by atoms with Gasteiger partial charge in [0.25, 0.3) is 0 Å². The molecule has 4 nitrogen and oxygen atoms in total. The molecule has 0 aliphatic carbocycles. The zero-order valence-corrected chi connectivity index (χ0v) is 13.3. The van der Waals surface area contributed by atoms with Crippen LogP contribution < -0.4 is 10.6 Å². The van der Waals surface area contributed by atoms with E-state index in [4.69, 9.17) is 0 Å². The topological polar surface area (TPSA) is 58.2 Å². The maximum absolute atomic E-state index is 12.3. The number of rotatable bonds is 8. The molecule has 0 fully saturated rings. The SMILES string of the molecule is CC(=O)NCCCC[C@H](NC(C)C)C(=O)C(C)(C)C. The molecule has 0 aromatic rings. The average Bonchev–Trinajstić information content (AvgIpc) is 2.23. The van der Waals surface area contributed by atoms with E-state index in [1.807, 2.05) is 20.8 Å². The van der Waals surface area contributed by atoms with E-state index in [-0.39, 0.29) is 23.1 Å². The van der Waals surface area contributed by atoms with Gasteiger partial charge >= 0.3 is 0 Å². The number of hydrogen-bond acceptors (Lipinski definition) is 3. The summed E-state index contributed by atoms with van der Waals surface area (Å²) in [5, 5.41) is 6.12. The standard InChI is InChI=1S/C15H30N2O2/c1-11(2)17-13(14(19)15(4,5)6)9-7-8-10-16-12(3)18/h11,13,17H,7-10H2,1-6H3,(H,16,18)/t13-/m0/s1. The van der Waals surface area contributed by atoms with E-state index in [9.17, 15) is 9.59 Å². The van der Waals surface area contributed by atoms with Crippen LogP contribution >= 0.6 is 0 Å². The summed E-state index contributed by atoms with van der Waals surface area (Å²) in [4.78, 5) is 23.1. The van der Waals surface area contributed by atoms with E-state index in [1.165, 1.54) is 6.92 Å². The molecule has 1 atom stereocenters. The molecule has 19 heavy (non-hydrogen) atoms.